The van der Waals surface area contributed by atoms with Crippen molar-refractivity contribution >= 4 is 22.2 Å². The molecule has 0 saturated heterocycles. The van der Waals surface area contributed by atoms with Crippen LogP contribution in [0.15, 0.2) is 56.9 Å². The van der Waals surface area contributed by atoms with Crippen LogP contribution < -0.4 is 5.43 Å². The van der Waals surface area contributed by atoms with E-state index in [9.17, 15) is 9.70 Å². The van der Waals surface area contributed by atoms with Crippen molar-refractivity contribution in [3.05, 3.63) is 63.4 Å². The molecule has 0 aliphatic carbocycles. The molecule has 2 rings (SSSR count). The van der Waals surface area contributed by atoms with Gasteiger partial charge in [0, 0.05) is 18.1 Å². The number of hydrogen-bond acceptors (Lipinski definition) is 5. The summed E-state index contributed by atoms with van der Waals surface area (Å²) in [6, 6.07) is 5.90. The Kier molecular flexibility index (Phi) is 5.02. The molecule has 1 heterocycles. The van der Waals surface area contributed by atoms with E-state index < -0.39 is 0 Å². The van der Waals surface area contributed by atoms with Crippen LogP contribution >= 0.6 is 0 Å². The van der Waals surface area contributed by atoms with E-state index in [4.69, 9.17) is 15.9 Å². The Hall–Kier alpha value is -2.97. The average Bonchev–Trinajstić information content (AvgIpc) is 2.54. The Morgan fingerprint density at radius 3 is 2.95 bits per heavy atom. The monoisotopic (exact) mass is 295 g/mol. The Morgan fingerprint density at radius 2 is 2.27 bits per heavy atom. The van der Waals surface area contributed by atoms with Gasteiger partial charge in [-0.15, -0.1) is 17.3 Å². The number of aliphatic hydroxyl groups excluding tert-OH is 1. The summed E-state index contributed by atoms with van der Waals surface area (Å²) < 4.78 is 5.67. The standard InChI is InChI=1S/C17H13NO4/c1-2-3-6-12(7-5-10-19)16-11-14(20)17-13(18-21)8-4-9-15(17)22-16/h1,4-9,11,19H,3,10H2/b7-5-,12-6+. The third-order valence-electron chi connectivity index (χ3n) is 2.96. The molecule has 0 radical (unpaired) electrons. The van der Waals surface area contributed by atoms with Crippen molar-refractivity contribution in [2.75, 3.05) is 6.61 Å². The summed E-state index contributed by atoms with van der Waals surface area (Å²) in [5.74, 6) is 2.77. The quantitative estimate of drug-likeness (QED) is 0.522. The molecule has 0 spiro atoms. The summed E-state index contributed by atoms with van der Waals surface area (Å²) in [5, 5.41) is 11.9. The summed E-state index contributed by atoms with van der Waals surface area (Å²) in [6.07, 6.45) is 10.4. The molecule has 110 valence electrons. The van der Waals surface area contributed by atoms with Crippen molar-refractivity contribution in [3.63, 3.8) is 0 Å². The second kappa shape index (κ2) is 7.16. The molecule has 0 amide bonds. The number of rotatable bonds is 5. The molecular weight excluding hydrogens is 282 g/mol. The first-order valence-corrected chi connectivity index (χ1v) is 6.53. The highest BCUT2D eigenvalue weighted by Crippen LogP contribution is 2.26. The topological polar surface area (TPSA) is 79.9 Å². The van der Waals surface area contributed by atoms with Crippen LogP contribution in [0.25, 0.3) is 16.5 Å². The predicted molar refractivity (Wildman–Crippen MR) is 85.6 cm³/mol. The first-order valence-electron chi connectivity index (χ1n) is 6.53. The second-order valence-corrected chi connectivity index (χ2v) is 4.37. The van der Waals surface area contributed by atoms with Gasteiger partial charge in [0.1, 0.15) is 17.0 Å². The molecule has 0 bridgehead atoms. The minimum Gasteiger partial charge on any atom is -0.456 e. The molecule has 0 aliphatic heterocycles. The minimum absolute atomic E-state index is 0.0397. The second-order valence-electron chi connectivity index (χ2n) is 4.37. The van der Waals surface area contributed by atoms with Gasteiger partial charge in [0.25, 0.3) is 0 Å². The maximum atomic E-state index is 12.2. The van der Waals surface area contributed by atoms with Crippen LogP contribution in [0.3, 0.4) is 0 Å². The normalized spacial score (nSPS) is 11.7. The molecule has 22 heavy (non-hydrogen) atoms. The van der Waals surface area contributed by atoms with Crippen LogP contribution in [-0.4, -0.2) is 11.7 Å². The molecule has 5 heteroatoms. The molecule has 1 N–H and O–H groups in total. The lowest BCUT2D eigenvalue weighted by atomic mass is 10.1. The van der Waals surface area contributed by atoms with Gasteiger partial charge in [0.05, 0.1) is 12.0 Å². The lowest BCUT2D eigenvalue weighted by Crippen LogP contribution is -2.02. The zero-order valence-electron chi connectivity index (χ0n) is 11.7. The van der Waals surface area contributed by atoms with E-state index in [1.807, 2.05) is 0 Å². The van der Waals surface area contributed by atoms with Crippen molar-refractivity contribution < 1.29 is 9.52 Å². The van der Waals surface area contributed by atoms with Gasteiger partial charge in [-0.2, -0.15) is 0 Å². The van der Waals surface area contributed by atoms with Crippen molar-refractivity contribution in [1.29, 1.82) is 0 Å². The van der Waals surface area contributed by atoms with E-state index >= 15 is 0 Å². The van der Waals surface area contributed by atoms with Crippen LogP contribution in [0.4, 0.5) is 5.69 Å². The van der Waals surface area contributed by atoms with Gasteiger partial charge in [-0.25, -0.2) is 0 Å². The van der Waals surface area contributed by atoms with Gasteiger partial charge in [0.2, 0.25) is 0 Å². The number of nitroso groups, excluding NO2 is 1. The summed E-state index contributed by atoms with van der Waals surface area (Å²) in [6.45, 7) is -0.148. The van der Waals surface area contributed by atoms with E-state index in [-0.39, 0.29) is 28.7 Å². The Morgan fingerprint density at radius 1 is 1.45 bits per heavy atom. The highest BCUT2D eigenvalue weighted by Gasteiger charge is 2.11. The van der Waals surface area contributed by atoms with Crippen LogP contribution in [0.5, 0.6) is 0 Å². The van der Waals surface area contributed by atoms with Crippen molar-refractivity contribution in [2.45, 2.75) is 6.42 Å². The zero-order valence-corrected chi connectivity index (χ0v) is 11.7. The molecule has 0 fully saturated rings. The number of aliphatic hydroxyl groups is 1. The average molecular weight is 295 g/mol. The van der Waals surface area contributed by atoms with E-state index in [2.05, 4.69) is 11.1 Å². The molecule has 2 aromatic rings. The number of benzene rings is 1. The Balaban J connectivity index is 2.66. The minimum atomic E-state index is -0.365. The zero-order chi connectivity index (χ0) is 15.9. The molecule has 0 unspecified atom stereocenters. The van der Waals surface area contributed by atoms with Crippen LogP contribution in [0.1, 0.15) is 12.2 Å². The highest BCUT2D eigenvalue weighted by molar-refractivity contribution is 5.89. The number of terminal acetylenes is 1. The fraction of sp³-hybridized carbons (Fsp3) is 0.118. The Labute approximate surface area is 126 Å². The lowest BCUT2D eigenvalue weighted by molar-refractivity contribution is 0.343. The lowest BCUT2D eigenvalue weighted by Gasteiger charge is -2.04. The van der Waals surface area contributed by atoms with Gasteiger partial charge < -0.3 is 9.52 Å². The third kappa shape index (κ3) is 3.19. The Bertz CT molecular complexity index is 853. The van der Waals surface area contributed by atoms with Crippen LogP contribution in [-0.2, 0) is 0 Å². The molecule has 1 aromatic heterocycles. The number of fused-ring (bicyclic) bond motifs is 1. The van der Waals surface area contributed by atoms with Crippen LogP contribution in [0.2, 0.25) is 0 Å². The maximum Gasteiger partial charge on any atom is 0.195 e. The smallest absolute Gasteiger partial charge is 0.195 e. The van der Waals surface area contributed by atoms with Crippen molar-refractivity contribution in [1.82, 2.24) is 0 Å². The molecule has 0 aliphatic rings. The third-order valence-corrected chi connectivity index (χ3v) is 2.96. The summed E-state index contributed by atoms with van der Waals surface area (Å²) in [4.78, 5) is 23.0. The molecule has 0 atom stereocenters. The van der Waals surface area contributed by atoms with Gasteiger partial charge in [-0.05, 0) is 17.3 Å². The van der Waals surface area contributed by atoms with Crippen molar-refractivity contribution in [3.8, 4) is 12.3 Å². The van der Waals surface area contributed by atoms with Gasteiger partial charge in [0.15, 0.2) is 5.43 Å². The largest absolute Gasteiger partial charge is 0.456 e. The highest BCUT2D eigenvalue weighted by atomic mass is 16.3. The van der Waals surface area contributed by atoms with Crippen LogP contribution in [0, 0.1) is 17.3 Å². The van der Waals surface area contributed by atoms with E-state index in [1.54, 1.807) is 24.3 Å². The number of allylic oxidation sites excluding steroid dienone is 3. The predicted octanol–water partition coefficient (Wildman–Crippen LogP) is 3.15. The van der Waals surface area contributed by atoms with E-state index in [0.717, 1.165) is 0 Å². The molecule has 1 aromatic carbocycles. The molecule has 5 nitrogen and oxygen atoms in total. The SMILES string of the molecule is C#CC/C=C(\C=C/CO)c1cc(=O)c2c(N=O)cccc2o1. The first kappa shape index (κ1) is 15.4. The first-order chi connectivity index (χ1) is 10.7. The summed E-state index contributed by atoms with van der Waals surface area (Å²) in [5.41, 5.74) is 0.521. The molecule has 0 saturated carbocycles. The maximum absolute atomic E-state index is 12.2. The summed E-state index contributed by atoms with van der Waals surface area (Å²) in [7, 11) is 0. The van der Waals surface area contributed by atoms with Gasteiger partial charge in [-0.3, -0.25) is 4.79 Å². The number of hydrogen-bond donors (Lipinski definition) is 1. The fourth-order valence-corrected chi connectivity index (χ4v) is 2.01. The van der Waals surface area contributed by atoms with E-state index in [0.29, 0.717) is 17.8 Å². The van der Waals surface area contributed by atoms with Gasteiger partial charge >= 0.3 is 0 Å². The summed E-state index contributed by atoms with van der Waals surface area (Å²) >= 11 is 0. The van der Waals surface area contributed by atoms with Crippen molar-refractivity contribution in [2.24, 2.45) is 5.18 Å². The fourth-order valence-electron chi connectivity index (χ4n) is 2.01. The van der Waals surface area contributed by atoms with E-state index in [1.165, 1.54) is 18.2 Å². The number of nitrogens with zero attached hydrogens (tertiary/aromatic N) is 1. The van der Waals surface area contributed by atoms with Gasteiger partial charge in [-0.1, -0.05) is 24.3 Å². The molecular formula is C17H13NO4.